The minimum Gasteiger partial charge on any atom is -0.396 e. The van der Waals surface area contributed by atoms with Crippen LogP contribution in [0.3, 0.4) is 0 Å². The average molecular weight is 507 g/mol. The Kier molecular flexibility index (Phi) is 7.37. The van der Waals surface area contributed by atoms with E-state index >= 15 is 0 Å². The Labute approximate surface area is 222 Å². The highest BCUT2D eigenvalue weighted by molar-refractivity contribution is 5.20. The second-order valence-electron chi connectivity index (χ2n) is 15.6. The zero-order valence-corrected chi connectivity index (χ0v) is 25.0. The van der Waals surface area contributed by atoms with E-state index in [1.54, 1.807) is 7.11 Å². The molecule has 0 aromatic carbocycles. The van der Waals surface area contributed by atoms with E-state index in [2.05, 4.69) is 41.5 Å². The van der Waals surface area contributed by atoms with Gasteiger partial charge in [-0.2, -0.15) is 0 Å². The normalized spacial score (nSPS) is 50.7. The molecule has 4 aliphatic carbocycles. The van der Waals surface area contributed by atoms with Crippen LogP contribution in [0.2, 0.25) is 0 Å². The minimum absolute atomic E-state index is 0.0927. The Hall–Kier alpha value is -0.160. The lowest BCUT2D eigenvalue weighted by molar-refractivity contribution is -0.252. The van der Waals surface area contributed by atoms with Crippen LogP contribution in [0.5, 0.6) is 0 Å². The van der Waals surface area contributed by atoms with Gasteiger partial charge in [-0.1, -0.05) is 41.5 Å². The first-order valence-electron chi connectivity index (χ1n) is 15.1. The monoisotopic (exact) mass is 506 g/mol. The number of aliphatic hydroxyl groups is 3. The topological polar surface area (TPSA) is 69.9 Å². The third kappa shape index (κ3) is 3.74. The Morgan fingerprint density at radius 2 is 1.33 bits per heavy atom. The highest BCUT2D eigenvalue weighted by atomic mass is 16.5. The molecule has 210 valence electrons. The summed E-state index contributed by atoms with van der Waals surface area (Å²) in [7, 11) is 1.69. The molecule has 4 heteroatoms. The van der Waals surface area contributed by atoms with Crippen molar-refractivity contribution < 1.29 is 20.1 Å². The standard InChI is InChI=1S/C32H58O4/c1-21(10-13-25(34)27(2,3)36-9)22-14-16-31(7)24-12-11-23-28(4,20-33)26(35)15-17-30(23,6)32(24,8)19-18-29(22,31)5/h21-26,33-35H,10-20H2,1-9H3. The first-order valence-corrected chi connectivity index (χ1v) is 15.1. The summed E-state index contributed by atoms with van der Waals surface area (Å²) in [5, 5.41) is 32.2. The fraction of sp³-hybridized carbons (Fsp3) is 1.00. The lowest BCUT2D eigenvalue weighted by Crippen LogP contribution is -2.67. The predicted octanol–water partition coefficient (Wildman–Crippen LogP) is 6.60. The molecule has 0 aliphatic heterocycles. The molecule has 0 saturated heterocycles. The van der Waals surface area contributed by atoms with Crippen molar-refractivity contribution >= 4 is 0 Å². The van der Waals surface area contributed by atoms with Crippen molar-refractivity contribution in [3.05, 3.63) is 0 Å². The lowest BCUT2D eigenvalue weighted by Gasteiger charge is -2.72. The van der Waals surface area contributed by atoms with Gasteiger partial charge >= 0.3 is 0 Å². The average Bonchev–Trinajstić information content (AvgIpc) is 3.12. The Morgan fingerprint density at radius 1 is 0.806 bits per heavy atom. The number of rotatable bonds is 7. The van der Waals surface area contributed by atoms with Gasteiger partial charge in [0.25, 0.3) is 0 Å². The summed E-state index contributed by atoms with van der Waals surface area (Å²) in [5.74, 6) is 2.37. The van der Waals surface area contributed by atoms with Gasteiger partial charge in [0.05, 0.1) is 24.4 Å². The molecule has 0 aromatic rings. The molecule has 4 fully saturated rings. The van der Waals surface area contributed by atoms with Crippen LogP contribution < -0.4 is 0 Å². The summed E-state index contributed by atoms with van der Waals surface area (Å²) in [4.78, 5) is 0. The summed E-state index contributed by atoms with van der Waals surface area (Å²) < 4.78 is 5.55. The maximum atomic E-state index is 11.0. The van der Waals surface area contributed by atoms with E-state index in [4.69, 9.17) is 4.74 Å². The summed E-state index contributed by atoms with van der Waals surface area (Å²) in [6.07, 6.45) is 10.5. The van der Waals surface area contributed by atoms with Gasteiger partial charge in [0.15, 0.2) is 0 Å². The van der Waals surface area contributed by atoms with Gasteiger partial charge < -0.3 is 20.1 Å². The zero-order chi connectivity index (χ0) is 26.9. The zero-order valence-electron chi connectivity index (χ0n) is 25.0. The smallest absolute Gasteiger partial charge is 0.0880 e. The Bertz CT molecular complexity index is 812. The largest absolute Gasteiger partial charge is 0.396 e. The van der Waals surface area contributed by atoms with Crippen LogP contribution in [-0.2, 0) is 4.74 Å². The SMILES string of the molecule is COC(C)(C)C(O)CCC(C)C1CCC2(C)C3CCC4C(C)(CO)C(O)CCC4(C)C3(C)CCC12C. The van der Waals surface area contributed by atoms with Crippen molar-refractivity contribution in [1.29, 1.82) is 0 Å². The van der Waals surface area contributed by atoms with Crippen molar-refractivity contribution in [2.75, 3.05) is 13.7 Å². The molecule has 11 unspecified atom stereocenters. The van der Waals surface area contributed by atoms with Crippen LogP contribution >= 0.6 is 0 Å². The van der Waals surface area contributed by atoms with Crippen LogP contribution in [0.4, 0.5) is 0 Å². The van der Waals surface area contributed by atoms with Gasteiger partial charge in [-0.3, -0.25) is 0 Å². The van der Waals surface area contributed by atoms with E-state index in [0.29, 0.717) is 34.5 Å². The molecule has 0 aromatic heterocycles. The van der Waals surface area contributed by atoms with Gasteiger partial charge in [0.1, 0.15) is 0 Å². The van der Waals surface area contributed by atoms with Gasteiger partial charge in [-0.15, -0.1) is 0 Å². The molecule has 36 heavy (non-hydrogen) atoms. The third-order valence-electron chi connectivity index (χ3n) is 14.4. The first kappa shape index (κ1) is 28.8. The second-order valence-corrected chi connectivity index (χ2v) is 15.6. The van der Waals surface area contributed by atoms with Crippen molar-refractivity contribution in [3.8, 4) is 0 Å². The molecule has 11 atom stereocenters. The van der Waals surface area contributed by atoms with E-state index in [1.165, 1.54) is 32.1 Å². The van der Waals surface area contributed by atoms with E-state index in [-0.39, 0.29) is 29.0 Å². The van der Waals surface area contributed by atoms with Gasteiger partial charge in [-0.25, -0.2) is 0 Å². The van der Waals surface area contributed by atoms with E-state index in [1.807, 2.05) is 13.8 Å². The molecule has 3 N–H and O–H groups in total. The number of hydrogen-bond donors (Lipinski definition) is 3. The van der Waals surface area contributed by atoms with Crippen molar-refractivity contribution in [1.82, 2.24) is 0 Å². The van der Waals surface area contributed by atoms with Crippen molar-refractivity contribution in [2.45, 2.75) is 137 Å². The lowest BCUT2D eigenvalue weighted by atomic mass is 9.33. The Morgan fingerprint density at radius 3 is 1.94 bits per heavy atom. The van der Waals surface area contributed by atoms with Crippen molar-refractivity contribution in [2.24, 2.45) is 50.7 Å². The van der Waals surface area contributed by atoms with E-state index in [9.17, 15) is 15.3 Å². The summed E-state index contributed by atoms with van der Waals surface area (Å²) >= 11 is 0. The molecule has 4 nitrogen and oxygen atoms in total. The van der Waals surface area contributed by atoms with Crippen LogP contribution in [0.1, 0.15) is 120 Å². The van der Waals surface area contributed by atoms with Crippen LogP contribution in [0.15, 0.2) is 0 Å². The number of methoxy groups -OCH3 is 1. The fourth-order valence-electron chi connectivity index (χ4n) is 11.0. The molecular weight excluding hydrogens is 448 g/mol. The highest BCUT2D eigenvalue weighted by Gasteiger charge is 2.71. The van der Waals surface area contributed by atoms with Gasteiger partial charge in [0.2, 0.25) is 0 Å². The molecule has 4 aliphatic rings. The van der Waals surface area contributed by atoms with Crippen LogP contribution in [-0.4, -0.2) is 46.8 Å². The fourth-order valence-corrected chi connectivity index (χ4v) is 11.0. The summed E-state index contributed by atoms with van der Waals surface area (Å²) in [5.41, 5.74) is 0.185. The molecule has 0 bridgehead atoms. The van der Waals surface area contributed by atoms with Crippen LogP contribution in [0.25, 0.3) is 0 Å². The predicted molar refractivity (Wildman–Crippen MR) is 147 cm³/mol. The second kappa shape index (κ2) is 9.20. The van der Waals surface area contributed by atoms with Crippen LogP contribution in [0, 0.1) is 50.7 Å². The molecular formula is C32H58O4. The third-order valence-corrected chi connectivity index (χ3v) is 14.4. The maximum Gasteiger partial charge on any atom is 0.0880 e. The Balaban J connectivity index is 1.58. The number of aliphatic hydroxyl groups excluding tert-OH is 3. The summed E-state index contributed by atoms with van der Waals surface area (Å²) in [6.45, 7) is 19.1. The first-order chi connectivity index (χ1) is 16.6. The number of ether oxygens (including phenoxy) is 1. The maximum absolute atomic E-state index is 11.0. The number of fused-ring (bicyclic) bond motifs is 5. The molecule has 4 rings (SSSR count). The number of hydrogen-bond acceptors (Lipinski definition) is 4. The molecule has 4 saturated carbocycles. The molecule has 0 spiro atoms. The van der Waals surface area contributed by atoms with Gasteiger partial charge in [-0.05, 0) is 123 Å². The summed E-state index contributed by atoms with van der Waals surface area (Å²) in [6, 6.07) is 0. The van der Waals surface area contributed by atoms with E-state index in [0.717, 1.165) is 32.1 Å². The van der Waals surface area contributed by atoms with Crippen molar-refractivity contribution in [3.63, 3.8) is 0 Å². The minimum atomic E-state index is -0.495. The highest BCUT2D eigenvalue weighted by Crippen LogP contribution is 2.78. The molecule has 0 heterocycles. The quantitative estimate of drug-likeness (QED) is 0.364. The van der Waals surface area contributed by atoms with Gasteiger partial charge in [0, 0.05) is 12.5 Å². The van der Waals surface area contributed by atoms with E-state index < -0.39 is 11.7 Å². The molecule has 0 radical (unpaired) electrons. The molecule has 0 amide bonds.